The second-order valence-corrected chi connectivity index (χ2v) is 4.61. The third kappa shape index (κ3) is 2.44. The van der Waals surface area contributed by atoms with Gasteiger partial charge in [-0.2, -0.15) is 13.2 Å². The van der Waals surface area contributed by atoms with Gasteiger partial charge in [0.25, 0.3) is 0 Å². The van der Waals surface area contributed by atoms with Gasteiger partial charge in [-0.05, 0) is 30.3 Å². The first kappa shape index (κ1) is 13.5. The van der Waals surface area contributed by atoms with Gasteiger partial charge in [0, 0.05) is 18.3 Å². The Hall–Kier alpha value is -2.50. The van der Waals surface area contributed by atoms with Gasteiger partial charge in [-0.15, -0.1) is 0 Å². The largest absolute Gasteiger partial charge is 0.416 e. The second-order valence-electron chi connectivity index (χ2n) is 4.61. The minimum Gasteiger partial charge on any atom is -0.388 e. The maximum atomic E-state index is 12.7. The number of anilines is 1. The Morgan fingerprint density at radius 3 is 2.57 bits per heavy atom. The molecule has 1 aromatic heterocycles. The summed E-state index contributed by atoms with van der Waals surface area (Å²) in [6.07, 6.45) is -4.36. The van der Waals surface area contributed by atoms with Crippen LogP contribution in [0.15, 0.2) is 42.5 Å². The third-order valence-corrected chi connectivity index (χ3v) is 3.26. The Labute approximate surface area is 118 Å². The molecule has 2 N–H and O–H groups in total. The van der Waals surface area contributed by atoms with Crippen LogP contribution in [0.2, 0.25) is 0 Å². The number of aromatic nitrogens is 2. The van der Waals surface area contributed by atoms with E-state index < -0.39 is 11.7 Å². The van der Waals surface area contributed by atoms with Crippen molar-refractivity contribution in [2.24, 2.45) is 0 Å². The number of hydrogen-bond acceptors (Lipinski definition) is 2. The fourth-order valence-corrected chi connectivity index (χ4v) is 2.22. The highest BCUT2D eigenvalue weighted by atomic mass is 19.4. The molecule has 0 saturated heterocycles. The predicted molar refractivity (Wildman–Crippen MR) is 76.1 cm³/mol. The average molecular weight is 291 g/mol. The number of alkyl halides is 3. The van der Waals surface area contributed by atoms with Crippen LogP contribution < -0.4 is 5.32 Å². The van der Waals surface area contributed by atoms with Gasteiger partial charge < -0.3 is 10.3 Å². The van der Waals surface area contributed by atoms with E-state index in [-0.39, 0.29) is 0 Å². The number of nitrogens with one attached hydrogen (secondary N) is 2. The molecule has 108 valence electrons. The van der Waals surface area contributed by atoms with Crippen molar-refractivity contribution in [3.8, 4) is 11.4 Å². The van der Waals surface area contributed by atoms with E-state index >= 15 is 0 Å². The van der Waals surface area contributed by atoms with Gasteiger partial charge in [0.15, 0.2) is 0 Å². The van der Waals surface area contributed by atoms with Crippen LogP contribution in [0.3, 0.4) is 0 Å². The molecule has 2 aromatic carbocycles. The normalized spacial score (nSPS) is 11.8. The summed E-state index contributed by atoms with van der Waals surface area (Å²) in [5.74, 6) is 0.536. The van der Waals surface area contributed by atoms with Gasteiger partial charge in [-0.1, -0.05) is 12.1 Å². The number of nitrogens with zero attached hydrogens (tertiary/aromatic N) is 1. The van der Waals surface area contributed by atoms with Crippen molar-refractivity contribution in [2.75, 3.05) is 12.4 Å². The summed E-state index contributed by atoms with van der Waals surface area (Å²) in [7, 11) is 1.78. The molecule has 0 bridgehead atoms. The Kier molecular flexibility index (Phi) is 3.08. The number of para-hydroxylation sites is 1. The van der Waals surface area contributed by atoms with E-state index in [1.807, 2.05) is 24.3 Å². The Morgan fingerprint density at radius 2 is 1.86 bits per heavy atom. The van der Waals surface area contributed by atoms with Crippen LogP contribution in [0, 0.1) is 0 Å². The van der Waals surface area contributed by atoms with Crippen LogP contribution in [-0.4, -0.2) is 17.0 Å². The Balaban J connectivity index is 2.13. The average Bonchev–Trinajstić information content (AvgIpc) is 2.89. The van der Waals surface area contributed by atoms with Gasteiger partial charge >= 0.3 is 6.18 Å². The summed E-state index contributed by atoms with van der Waals surface area (Å²) >= 11 is 0. The lowest BCUT2D eigenvalue weighted by atomic mass is 10.1. The van der Waals surface area contributed by atoms with Gasteiger partial charge in [-0.25, -0.2) is 4.98 Å². The van der Waals surface area contributed by atoms with Crippen molar-refractivity contribution in [3.63, 3.8) is 0 Å². The molecule has 21 heavy (non-hydrogen) atoms. The summed E-state index contributed by atoms with van der Waals surface area (Å²) in [6, 6.07) is 11.0. The SMILES string of the molecule is CNc1ccccc1-c1nc2ccc(C(F)(F)F)cc2[nH]1. The second kappa shape index (κ2) is 4.80. The first-order chi connectivity index (χ1) is 9.99. The number of aromatic amines is 1. The molecule has 1 heterocycles. The molecule has 0 amide bonds. The molecule has 0 fully saturated rings. The summed E-state index contributed by atoms with van der Waals surface area (Å²) in [5.41, 5.74) is 1.85. The number of hydrogen-bond donors (Lipinski definition) is 2. The summed E-state index contributed by atoms with van der Waals surface area (Å²) in [4.78, 5) is 7.30. The first-order valence-corrected chi connectivity index (χ1v) is 6.33. The molecule has 0 saturated carbocycles. The fourth-order valence-electron chi connectivity index (χ4n) is 2.22. The summed E-state index contributed by atoms with van der Waals surface area (Å²) in [6.45, 7) is 0. The van der Waals surface area contributed by atoms with E-state index in [0.29, 0.717) is 16.9 Å². The standard InChI is InChI=1S/C15H12F3N3/c1-19-11-5-3-2-4-10(11)14-20-12-7-6-9(15(16,17)18)8-13(12)21-14/h2-8,19H,1H3,(H,20,21). The lowest BCUT2D eigenvalue weighted by Gasteiger charge is -2.05. The van der Waals surface area contributed by atoms with E-state index in [4.69, 9.17) is 0 Å². The predicted octanol–water partition coefficient (Wildman–Crippen LogP) is 4.29. The van der Waals surface area contributed by atoms with E-state index in [9.17, 15) is 13.2 Å². The molecule has 3 aromatic rings. The van der Waals surface area contributed by atoms with Crippen LogP contribution in [0.5, 0.6) is 0 Å². The minimum atomic E-state index is -4.36. The molecular formula is C15H12F3N3. The molecule has 0 aliphatic rings. The molecule has 0 aliphatic carbocycles. The minimum absolute atomic E-state index is 0.366. The molecule has 3 nitrogen and oxygen atoms in total. The number of H-pyrrole nitrogens is 1. The molecule has 0 spiro atoms. The van der Waals surface area contributed by atoms with Crippen molar-refractivity contribution in [1.82, 2.24) is 9.97 Å². The number of fused-ring (bicyclic) bond motifs is 1. The van der Waals surface area contributed by atoms with Crippen LogP contribution in [-0.2, 0) is 6.18 Å². The molecule has 6 heteroatoms. The van der Waals surface area contributed by atoms with Crippen molar-refractivity contribution < 1.29 is 13.2 Å². The van der Waals surface area contributed by atoms with Crippen molar-refractivity contribution in [2.45, 2.75) is 6.18 Å². The molecule has 0 aliphatic heterocycles. The highest BCUT2D eigenvalue weighted by molar-refractivity contribution is 5.83. The fraction of sp³-hybridized carbons (Fsp3) is 0.133. The maximum absolute atomic E-state index is 12.7. The lowest BCUT2D eigenvalue weighted by Crippen LogP contribution is -2.04. The van der Waals surface area contributed by atoms with E-state index in [2.05, 4.69) is 15.3 Å². The van der Waals surface area contributed by atoms with Crippen LogP contribution in [0.4, 0.5) is 18.9 Å². The van der Waals surface area contributed by atoms with Gasteiger partial charge in [0.05, 0.1) is 16.6 Å². The Morgan fingerprint density at radius 1 is 1.10 bits per heavy atom. The third-order valence-electron chi connectivity index (χ3n) is 3.26. The zero-order valence-electron chi connectivity index (χ0n) is 11.1. The van der Waals surface area contributed by atoms with Crippen molar-refractivity contribution in [3.05, 3.63) is 48.0 Å². The van der Waals surface area contributed by atoms with Crippen LogP contribution in [0.1, 0.15) is 5.56 Å². The molecule has 0 radical (unpaired) electrons. The number of rotatable bonds is 2. The molecule has 0 unspecified atom stereocenters. The summed E-state index contributed by atoms with van der Waals surface area (Å²) in [5, 5.41) is 3.03. The zero-order chi connectivity index (χ0) is 15.0. The highest BCUT2D eigenvalue weighted by Crippen LogP contribution is 2.32. The number of halogens is 3. The van der Waals surface area contributed by atoms with Gasteiger partial charge in [0.2, 0.25) is 0 Å². The maximum Gasteiger partial charge on any atom is 0.416 e. The number of imidazole rings is 1. The van der Waals surface area contributed by atoms with E-state index in [0.717, 1.165) is 23.4 Å². The van der Waals surface area contributed by atoms with E-state index in [1.54, 1.807) is 7.05 Å². The molecule has 0 atom stereocenters. The number of benzene rings is 2. The van der Waals surface area contributed by atoms with Crippen molar-refractivity contribution in [1.29, 1.82) is 0 Å². The first-order valence-electron chi connectivity index (χ1n) is 6.33. The van der Waals surface area contributed by atoms with Crippen molar-refractivity contribution >= 4 is 16.7 Å². The highest BCUT2D eigenvalue weighted by Gasteiger charge is 2.30. The van der Waals surface area contributed by atoms with Gasteiger partial charge in [0.1, 0.15) is 5.82 Å². The zero-order valence-corrected chi connectivity index (χ0v) is 11.1. The van der Waals surface area contributed by atoms with Gasteiger partial charge in [-0.3, -0.25) is 0 Å². The quantitative estimate of drug-likeness (QED) is 0.739. The van der Waals surface area contributed by atoms with E-state index in [1.165, 1.54) is 6.07 Å². The Bertz CT molecular complexity index is 790. The molecular weight excluding hydrogens is 279 g/mol. The topological polar surface area (TPSA) is 40.7 Å². The molecule has 3 rings (SSSR count). The monoisotopic (exact) mass is 291 g/mol. The smallest absolute Gasteiger partial charge is 0.388 e. The van der Waals surface area contributed by atoms with Crippen LogP contribution in [0.25, 0.3) is 22.4 Å². The lowest BCUT2D eigenvalue weighted by molar-refractivity contribution is -0.137. The summed E-state index contributed by atoms with van der Waals surface area (Å²) < 4.78 is 38.2. The van der Waals surface area contributed by atoms with Crippen LogP contribution >= 0.6 is 0 Å².